The van der Waals surface area contributed by atoms with Crippen molar-refractivity contribution in [3.8, 4) is 0 Å². The number of hydrogen-bond acceptors (Lipinski definition) is 4. The molecule has 1 amide bonds. The Morgan fingerprint density at radius 1 is 1.19 bits per heavy atom. The molecule has 0 unspecified atom stereocenters. The van der Waals surface area contributed by atoms with Gasteiger partial charge in [-0.15, -0.1) is 12.4 Å². The zero-order valence-corrected chi connectivity index (χ0v) is 16.0. The smallest absolute Gasteiger partial charge is 0.224 e. The van der Waals surface area contributed by atoms with Crippen molar-refractivity contribution in [3.63, 3.8) is 0 Å². The van der Waals surface area contributed by atoms with Crippen molar-refractivity contribution < 1.29 is 9.21 Å². The van der Waals surface area contributed by atoms with Crippen LogP contribution in [-0.4, -0.2) is 50.1 Å². The quantitative estimate of drug-likeness (QED) is 0.758. The van der Waals surface area contributed by atoms with Gasteiger partial charge in [0.05, 0.1) is 12.7 Å². The molecule has 2 heterocycles. The molecule has 142 valence electrons. The maximum absolute atomic E-state index is 12.3. The first-order valence-electron chi connectivity index (χ1n) is 9.51. The van der Waals surface area contributed by atoms with Crippen molar-refractivity contribution in [1.29, 1.82) is 0 Å². The van der Waals surface area contributed by atoms with E-state index in [1.807, 2.05) is 0 Å². The minimum atomic E-state index is 0. The fourth-order valence-corrected chi connectivity index (χ4v) is 3.99. The highest BCUT2D eigenvalue weighted by Gasteiger charge is 2.16. The highest BCUT2D eigenvalue weighted by molar-refractivity contribution is 5.88. The minimum Gasteiger partial charge on any atom is -0.464 e. The van der Waals surface area contributed by atoms with E-state index in [0.29, 0.717) is 6.42 Å². The highest BCUT2D eigenvalue weighted by Crippen LogP contribution is 2.30. The average Bonchev–Trinajstić information content (AvgIpc) is 3.24. The number of nitrogens with one attached hydrogen (secondary N) is 2. The summed E-state index contributed by atoms with van der Waals surface area (Å²) in [6.45, 7) is 6.17. The largest absolute Gasteiger partial charge is 0.464 e. The second-order valence-corrected chi connectivity index (χ2v) is 7.20. The molecule has 0 radical (unpaired) electrons. The Bertz CT molecular complexity index is 753. The van der Waals surface area contributed by atoms with Crippen molar-refractivity contribution in [2.75, 3.05) is 39.3 Å². The van der Waals surface area contributed by atoms with E-state index in [9.17, 15) is 4.79 Å². The van der Waals surface area contributed by atoms with Gasteiger partial charge in [0.2, 0.25) is 5.91 Å². The summed E-state index contributed by atoms with van der Waals surface area (Å²) in [4.78, 5) is 14.7. The molecule has 2 N–H and O–H groups in total. The Morgan fingerprint density at radius 2 is 1.96 bits per heavy atom. The van der Waals surface area contributed by atoms with Gasteiger partial charge in [0.25, 0.3) is 0 Å². The van der Waals surface area contributed by atoms with Crippen molar-refractivity contribution in [3.05, 3.63) is 35.1 Å². The van der Waals surface area contributed by atoms with Gasteiger partial charge in [0, 0.05) is 43.7 Å². The zero-order chi connectivity index (χ0) is 17.1. The monoisotopic (exact) mass is 377 g/mol. The number of carbonyl (C=O) groups is 1. The molecular formula is C20H28ClN3O2. The summed E-state index contributed by atoms with van der Waals surface area (Å²) in [6.07, 6.45) is 6.68. The fourth-order valence-electron chi connectivity index (χ4n) is 3.99. The van der Waals surface area contributed by atoms with Gasteiger partial charge in [0.15, 0.2) is 0 Å². The van der Waals surface area contributed by atoms with Crippen molar-refractivity contribution in [1.82, 2.24) is 15.5 Å². The molecule has 26 heavy (non-hydrogen) atoms. The summed E-state index contributed by atoms with van der Waals surface area (Å²) >= 11 is 0. The van der Waals surface area contributed by atoms with Gasteiger partial charge >= 0.3 is 0 Å². The molecule has 1 aromatic carbocycles. The first-order valence-corrected chi connectivity index (χ1v) is 9.51. The fraction of sp³-hybridized carbons (Fsp3) is 0.550. The van der Waals surface area contributed by atoms with Crippen LogP contribution in [0.4, 0.5) is 0 Å². The van der Waals surface area contributed by atoms with Crippen LogP contribution in [0, 0.1) is 0 Å². The van der Waals surface area contributed by atoms with E-state index in [-0.39, 0.29) is 18.3 Å². The second-order valence-electron chi connectivity index (χ2n) is 7.20. The Balaban J connectivity index is 0.00000196. The average molecular weight is 378 g/mol. The lowest BCUT2D eigenvalue weighted by atomic mass is 10.0. The molecule has 1 aliphatic heterocycles. The summed E-state index contributed by atoms with van der Waals surface area (Å²) in [5.41, 5.74) is 4.75. The zero-order valence-electron chi connectivity index (χ0n) is 15.2. The SMILES string of the molecule is Cl.O=C(Cc1coc2cc3c(cc12)CCC3)NCCCN1CCNCC1. The predicted octanol–water partition coefficient (Wildman–Crippen LogP) is 2.30. The number of halogens is 1. The lowest BCUT2D eigenvalue weighted by Crippen LogP contribution is -2.44. The van der Waals surface area contributed by atoms with Crippen LogP contribution in [0.25, 0.3) is 11.0 Å². The van der Waals surface area contributed by atoms with E-state index in [4.69, 9.17) is 4.42 Å². The molecular weight excluding hydrogens is 350 g/mol. The van der Waals surface area contributed by atoms with Crippen LogP contribution in [0.1, 0.15) is 29.5 Å². The van der Waals surface area contributed by atoms with E-state index in [1.54, 1.807) is 6.26 Å². The number of fused-ring (bicyclic) bond motifs is 2. The topological polar surface area (TPSA) is 57.5 Å². The summed E-state index contributed by atoms with van der Waals surface area (Å²) < 4.78 is 5.69. The van der Waals surface area contributed by atoms with E-state index < -0.39 is 0 Å². The second kappa shape index (κ2) is 8.89. The summed E-state index contributed by atoms with van der Waals surface area (Å²) in [5.74, 6) is 0.0866. The van der Waals surface area contributed by atoms with Gasteiger partial charge in [-0.05, 0) is 55.5 Å². The van der Waals surface area contributed by atoms with Crippen molar-refractivity contribution >= 4 is 29.3 Å². The van der Waals surface area contributed by atoms with Gasteiger partial charge in [-0.3, -0.25) is 4.79 Å². The maximum Gasteiger partial charge on any atom is 0.224 e. The minimum absolute atomic E-state index is 0. The Morgan fingerprint density at radius 3 is 2.77 bits per heavy atom. The van der Waals surface area contributed by atoms with Crippen LogP contribution in [0.3, 0.4) is 0 Å². The van der Waals surface area contributed by atoms with Crippen LogP contribution >= 0.6 is 12.4 Å². The van der Waals surface area contributed by atoms with E-state index in [0.717, 1.165) is 75.1 Å². The standard InChI is InChI=1S/C20H27N3O2.ClH/c24-20(22-5-2-8-23-9-6-21-7-10-23)13-17-14-25-19-12-16-4-1-3-15(16)11-18(17)19;/h11-12,14,21H,1-10,13H2,(H,22,24);1H. The number of piperazine rings is 1. The lowest BCUT2D eigenvalue weighted by Gasteiger charge is -2.27. The lowest BCUT2D eigenvalue weighted by molar-refractivity contribution is -0.120. The van der Waals surface area contributed by atoms with Crippen LogP contribution in [0.15, 0.2) is 22.8 Å². The third kappa shape index (κ3) is 4.40. The molecule has 5 nitrogen and oxygen atoms in total. The molecule has 6 heteroatoms. The maximum atomic E-state index is 12.3. The molecule has 2 aromatic rings. The molecule has 1 aromatic heterocycles. The summed E-state index contributed by atoms with van der Waals surface area (Å²) in [5, 5.41) is 7.52. The molecule has 1 aliphatic carbocycles. The summed E-state index contributed by atoms with van der Waals surface area (Å²) in [7, 11) is 0. The highest BCUT2D eigenvalue weighted by atomic mass is 35.5. The molecule has 0 atom stereocenters. The van der Waals surface area contributed by atoms with Gasteiger partial charge in [-0.2, -0.15) is 0 Å². The molecule has 0 spiro atoms. The summed E-state index contributed by atoms with van der Waals surface area (Å²) in [6, 6.07) is 4.39. The van der Waals surface area contributed by atoms with E-state index in [1.165, 1.54) is 17.5 Å². The Labute approximate surface area is 160 Å². The molecule has 0 saturated carbocycles. The van der Waals surface area contributed by atoms with Crippen LogP contribution in [0.2, 0.25) is 0 Å². The third-order valence-electron chi connectivity index (χ3n) is 5.40. The van der Waals surface area contributed by atoms with Gasteiger partial charge in [0.1, 0.15) is 5.58 Å². The predicted molar refractivity (Wildman–Crippen MR) is 106 cm³/mol. The molecule has 2 aliphatic rings. The number of rotatable bonds is 6. The van der Waals surface area contributed by atoms with Gasteiger partial charge in [-0.25, -0.2) is 0 Å². The number of carbonyl (C=O) groups excluding carboxylic acids is 1. The van der Waals surface area contributed by atoms with E-state index in [2.05, 4.69) is 27.7 Å². The number of nitrogens with zero attached hydrogens (tertiary/aromatic N) is 1. The Kier molecular flexibility index (Phi) is 6.57. The van der Waals surface area contributed by atoms with Gasteiger partial charge in [-0.1, -0.05) is 0 Å². The number of benzene rings is 1. The first-order chi connectivity index (χ1) is 12.3. The number of hydrogen-bond donors (Lipinski definition) is 2. The Hall–Kier alpha value is -1.56. The molecule has 0 bridgehead atoms. The van der Waals surface area contributed by atoms with E-state index >= 15 is 0 Å². The van der Waals surface area contributed by atoms with Crippen molar-refractivity contribution in [2.45, 2.75) is 32.1 Å². The van der Waals surface area contributed by atoms with Crippen molar-refractivity contribution in [2.24, 2.45) is 0 Å². The van der Waals surface area contributed by atoms with Crippen LogP contribution in [-0.2, 0) is 24.1 Å². The number of amides is 1. The van der Waals surface area contributed by atoms with Crippen LogP contribution < -0.4 is 10.6 Å². The van der Waals surface area contributed by atoms with Gasteiger partial charge < -0.3 is 20.0 Å². The molecule has 1 saturated heterocycles. The molecule has 4 rings (SSSR count). The normalized spacial score (nSPS) is 17.1. The first kappa shape index (κ1) is 19.2. The number of furan rings is 1. The third-order valence-corrected chi connectivity index (χ3v) is 5.40. The number of aryl methyl sites for hydroxylation is 2. The molecule has 1 fully saturated rings. The van der Waals surface area contributed by atoms with Crippen LogP contribution in [0.5, 0.6) is 0 Å².